The van der Waals surface area contributed by atoms with Crippen molar-refractivity contribution in [1.82, 2.24) is 4.90 Å². The lowest BCUT2D eigenvalue weighted by atomic mass is 9.82. The fraction of sp³-hybridized carbons (Fsp3) is 0.600. The molecular formula is C15H21Cl2N. The summed E-state index contributed by atoms with van der Waals surface area (Å²) in [7, 11) is 0. The molecule has 18 heavy (non-hydrogen) atoms. The first kappa shape index (κ1) is 14.2. The van der Waals surface area contributed by atoms with Crippen molar-refractivity contribution >= 4 is 23.2 Å². The van der Waals surface area contributed by atoms with Gasteiger partial charge in [0.05, 0.1) is 10.0 Å². The zero-order valence-corrected chi connectivity index (χ0v) is 12.7. The minimum Gasteiger partial charge on any atom is -0.302 e. The van der Waals surface area contributed by atoms with Crippen LogP contribution in [0.25, 0.3) is 0 Å². The summed E-state index contributed by atoms with van der Waals surface area (Å²) in [5.41, 5.74) is 1.54. The molecule has 0 radical (unpaired) electrons. The fourth-order valence-corrected chi connectivity index (χ4v) is 3.03. The van der Waals surface area contributed by atoms with Gasteiger partial charge >= 0.3 is 0 Å². The quantitative estimate of drug-likeness (QED) is 0.771. The molecule has 100 valence electrons. The van der Waals surface area contributed by atoms with E-state index < -0.39 is 0 Å². The Morgan fingerprint density at radius 2 is 2.06 bits per heavy atom. The van der Waals surface area contributed by atoms with E-state index in [-0.39, 0.29) is 5.41 Å². The monoisotopic (exact) mass is 285 g/mol. The Labute approximate surface area is 120 Å². The molecule has 0 amide bonds. The topological polar surface area (TPSA) is 3.24 Å². The maximum Gasteiger partial charge on any atom is 0.0595 e. The number of halogens is 2. The van der Waals surface area contributed by atoms with Gasteiger partial charge in [0.25, 0.3) is 0 Å². The first-order valence-electron chi connectivity index (χ1n) is 6.73. The van der Waals surface area contributed by atoms with E-state index in [1.807, 2.05) is 12.1 Å². The fourth-order valence-electron chi connectivity index (χ4n) is 2.74. The molecular weight excluding hydrogens is 265 g/mol. The summed E-state index contributed by atoms with van der Waals surface area (Å²) in [6.07, 6.45) is 3.76. The summed E-state index contributed by atoms with van der Waals surface area (Å²) >= 11 is 12.1. The van der Waals surface area contributed by atoms with Crippen LogP contribution in [0.3, 0.4) is 0 Å². The van der Waals surface area contributed by atoms with Gasteiger partial charge in [-0.3, -0.25) is 0 Å². The molecule has 0 aromatic heterocycles. The molecule has 0 bridgehead atoms. The maximum atomic E-state index is 6.13. The molecule has 1 aliphatic rings. The van der Waals surface area contributed by atoms with E-state index in [0.717, 1.165) is 6.54 Å². The highest BCUT2D eigenvalue weighted by Crippen LogP contribution is 2.36. The Morgan fingerprint density at radius 1 is 1.28 bits per heavy atom. The van der Waals surface area contributed by atoms with E-state index in [1.54, 1.807) is 0 Å². The third-order valence-corrected chi connectivity index (χ3v) is 4.74. The Balaban J connectivity index is 2.10. The van der Waals surface area contributed by atoms with Crippen molar-refractivity contribution in [2.24, 2.45) is 0 Å². The molecule has 0 aliphatic carbocycles. The van der Waals surface area contributed by atoms with Gasteiger partial charge in [0.15, 0.2) is 0 Å². The average molecular weight is 286 g/mol. The van der Waals surface area contributed by atoms with Crippen molar-refractivity contribution < 1.29 is 0 Å². The lowest BCUT2D eigenvalue weighted by Gasteiger charge is -2.25. The molecule has 1 heterocycles. The van der Waals surface area contributed by atoms with Crippen molar-refractivity contribution in [2.45, 2.75) is 38.5 Å². The van der Waals surface area contributed by atoms with Crippen LogP contribution in [-0.4, -0.2) is 24.5 Å². The molecule has 0 saturated carbocycles. The average Bonchev–Trinajstić information content (AvgIpc) is 2.73. The van der Waals surface area contributed by atoms with Crippen LogP contribution in [0.1, 0.15) is 38.7 Å². The highest BCUT2D eigenvalue weighted by Gasteiger charge is 2.35. The summed E-state index contributed by atoms with van der Waals surface area (Å²) in [5, 5.41) is 1.31. The predicted molar refractivity (Wildman–Crippen MR) is 79.8 cm³/mol. The van der Waals surface area contributed by atoms with E-state index >= 15 is 0 Å². The van der Waals surface area contributed by atoms with Crippen LogP contribution < -0.4 is 0 Å². The molecule has 1 nitrogen and oxygen atoms in total. The van der Waals surface area contributed by atoms with Crippen molar-refractivity contribution in [2.75, 3.05) is 19.6 Å². The van der Waals surface area contributed by atoms with Gasteiger partial charge in [-0.05, 0) is 43.6 Å². The van der Waals surface area contributed by atoms with Gasteiger partial charge in [-0.15, -0.1) is 0 Å². The second-order valence-electron chi connectivity index (χ2n) is 5.57. The number of benzene rings is 1. The van der Waals surface area contributed by atoms with Crippen LogP contribution in [-0.2, 0) is 5.41 Å². The predicted octanol–water partition coefficient (Wildman–Crippen LogP) is 4.76. The summed E-state index contributed by atoms with van der Waals surface area (Å²) in [5.74, 6) is 0. The van der Waals surface area contributed by atoms with Crippen LogP contribution in [0.15, 0.2) is 18.2 Å². The Bertz CT molecular complexity index is 419. The molecule has 3 heteroatoms. The minimum absolute atomic E-state index is 0.224. The van der Waals surface area contributed by atoms with E-state index in [1.165, 1.54) is 37.9 Å². The number of unbranched alkanes of at least 4 members (excludes halogenated alkanes) is 1. The van der Waals surface area contributed by atoms with E-state index in [2.05, 4.69) is 24.8 Å². The van der Waals surface area contributed by atoms with Gasteiger partial charge in [0.1, 0.15) is 0 Å². The summed E-state index contributed by atoms with van der Waals surface area (Å²) in [6.45, 7) is 8.11. The second-order valence-corrected chi connectivity index (χ2v) is 6.38. The highest BCUT2D eigenvalue weighted by molar-refractivity contribution is 6.42. The minimum atomic E-state index is 0.224. The van der Waals surface area contributed by atoms with E-state index in [9.17, 15) is 0 Å². The molecule has 1 aliphatic heterocycles. The zero-order valence-electron chi connectivity index (χ0n) is 11.2. The maximum absolute atomic E-state index is 6.13. The molecule has 1 fully saturated rings. The number of rotatable bonds is 4. The molecule has 1 aromatic carbocycles. The van der Waals surface area contributed by atoms with E-state index in [4.69, 9.17) is 23.2 Å². The van der Waals surface area contributed by atoms with Crippen molar-refractivity contribution in [3.05, 3.63) is 33.8 Å². The van der Waals surface area contributed by atoms with Gasteiger partial charge in [0.2, 0.25) is 0 Å². The third kappa shape index (κ3) is 3.01. The summed E-state index contributed by atoms with van der Waals surface area (Å²) < 4.78 is 0. The van der Waals surface area contributed by atoms with Crippen LogP contribution in [0, 0.1) is 0 Å². The number of likely N-dealkylation sites (tertiary alicyclic amines) is 1. The lowest BCUT2D eigenvalue weighted by molar-refractivity contribution is 0.311. The number of nitrogens with zero attached hydrogens (tertiary/aromatic N) is 1. The van der Waals surface area contributed by atoms with Gasteiger partial charge in [-0.25, -0.2) is 0 Å². The van der Waals surface area contributed by atoms with Gasteiger partial charge in [-0.2, -0.15) is 0 Å². The van der Waals surface area contributed by atoms with Crippen LogP contribution in [0.4, 0.5) is 0 Å². The van der Waals surface area contributed by atoms with Crippen molar-refractivity contribution in [3.8, 4) is 0 Å². The van der Waals surface area contributed by atoms with Crippen molar-refractivity contribution in [1.29, 1.82) is 0 Å². The second kappa shape index (κ2) is 5.81. The largest absolute Gasteiger partial charge is 0.302 e. The zero-order chi connectivity index (χ0) is 13.2. The van der Waals surface area contributed by atoms with Crippen LogP contribution in [0.5, 0.6) is 0 Å². The molecule has 1 unspecified atom stereocenters. The SMILES string of the molecule is CCCCN1CCC(C)(c2ccc(Cl)c(Cl)c2)C1. The van der Waals surface area contributed by atoms with E-state index in [0.29, 0.717) is 10.0 Å². The first-order chi connectivity index (χ1) is 8.55. The third-order valence-electron chi connectivity index (χ3n) is 4.00. The first-order valence-corrected chi connectivity index (χ1v) is 7.48. The van der Waals surface area contributed by atoms with Crippen LogP contribution >= 0.6 is 23.2 Å². The molecule has 0 spiro atoms. The Morgan fingerprint density at radius 3 is 2.72 bits per heavy atom. The summed E-state index contributed by atoms with van der Waals surface area (Å²) in [4.78, 5) is 2.56. The number of hydrogen-bond donors (Lipinski definition) is 0. The molecule has 1 atom stereocenters. The highest BCUT2D eigenvalue weighted by atomic mass is 35.5. The molecule has 2 rings (SSSR count). The molecule has 1 aromatic rings. The Hall–Kier alpha value is -0.240. The van der Waals surface area contributed by atoms with Crippen molar-refractivity contribution in [3.63, 3.8) is 0 Å². The molecule has 0 N–H and O–H groups in total. The standard InChI is InChI=1S/C15H21Cl2N/c1-3-4-8-18-9-7-15(2,11-18)12-5-6-13(16)14(17)10-12/h5-6,10H,3-4,7-9,11H2,1-2H3. The Kier molecular flexibility index (Phi) is 4.58. The van der Waals surface area contributed by atoms with Gasteiger partial charge in [-0.1, -0.05) is 49.5 Å². The molecule has 1 saturated heterocycles. The number of hydrogen-bond acceptors (Lipinski definition) is 1. The van der Waals surface area contributed by atoms with Crippen LogP contribution in [0.2, 0.25) is 10.0 Å². The summed E-state index contributed by atoms with van der Waals surface area (Å²) in [6, 6.07) is 6.07. The smallest absolute Gasteiger partial charge is 0.0595 e. The van der Waals surface area contributed by atoms with Gasteiger partial charge in [0, 0.05) is 12.0 Å². The van der Waals surface area contributed by atoms with Gasteiger partial charge < -0.3 is 4.90 Å². The lowest BCUT2D eigenvalue weighted by Crippen LogP contribution is -2.28. The normalized spacial score (nSPS) is 24.7.